The van der Waals surface area contributed by atoms with Crippen molar-refractivity contribution in [3.05, 3.63) is 4.91 Å². The van der Waals surface area contributed by atoms with Crippen molar-refractivity contribution in [2.45, 2.75) is 0 Å². The minimum absolute atomic E-state index is 1.76. The second kappa shape index (κ2) is 3.32. The predicted octanol–water partition coefficient (Wildman–Crippen LogP) is -0.510. The van der Waals surface area contributed by atoms with Crippen molar-refractivity contribution in [1.29, 1.82) is 0 Å². The van der Waals surface area contributed by atoms with Gasteiger partial charge < -0.3 is 0 Å². The Bertz CT molecular complexity index is 26.1. The average molecular weight is 78.0 g/mol. The summed E-state index contributed by atoms with van der Waals surface area (Å²) in [4.78, 5) is 15.1. The summed E-state index contributed by atoms with van der Waals surface area (Å²) in [7, 11) is 0. The van der Waals surface area contributed by atoms with Crippen LogP contribution in [0.2, 0.25) is 0 Å². The lowest BCUT2D eigenvalue weighted by Crippen LogP contribution is -1.93. The van der Waals surface area contributed by atoms with E-state index in [9.17, 15) is 0 Å². The summed E-state index contributed by atoms with van der Waals surface area (Å²) in [6.07, 6.45) is 0. The number of nitrogens with two attached hydrogens (primary N) is 1. The summed E-state index contributed by atoms with van der Waals surface area (Å²) in [6.45, 7) is 0. The lowest BCUT2D eigenvalue weighted by Gasteiger charge is -1.74. The molecule has 0 saturated heterocycles. The Balaban J connectivity index is 2.40. The molecule has 30 valence electrons. The van der Waals surface area contributed by atoms with E-state index in [0.29, 0.717) is 0 Å². The third-order valence-corrected chi connectivity index (χ3v) is 0.0735. The van der Waals surface area contributed by atoms with Gasteiger partial charge in [-0.1, -0.05) is 4.99 Å². The van der Waals surface area contributed by atoms with E-state index in [0.717, 1.165) is 0 Å². The molecule has 0 aromatic heterocycles. The number of hydrogen-bond donors (Lipinski definition) is 1. The monoisotopic (exact) mass is 78.0 g/mol. The fourth-order valence-electron chi connectivity index (χ4n) is 0.0176. The topological polar surface area (TPSA) is 73.9 Å². The maximum absolute atomic E-state index is 8.73. The quantitative estimate of drug-likeness (QED) is 0.274. The molecule has 0 heterocycles. The minimum Gasteiger partial charge on any atom is -0.170 e. The molecular weight excluding hydrogens is 76.0 g/mol. The van der Waals surface area contributed by atoms with Crippen molar-refractivity contribution in [3.63, 3.8) is 0 Å². The van der Waals surface area contributed by atoms with Gasteiger partial charge in [0.05, 0.1) is 0 Å². The third kappa shape index (κ3) is 3.32. The van der Waals surface area contributed by atoms with Crippen LogP contribution in [-0.4, -0.2) is 0 Å². The molecule has 0 aromatic rings. The SMILES string of the molecule is NOON=O. The van der Waals surface area contributed by atoms with E-state index in [1.165, 1.54) is 0 Å². The molecule has 0 fully saturated rings. The van der Waals surface area contributed by atoms with Gasteiger partial charge in [0.25, 0.3) is 0 Å². The van der Waals surface area contributed by atoms with E-state index in [4.69, 9.17) is 4.91 Å². The standard InChI is InChI=1S/H2N2O3/c1-4-5-2-3/h1H2. The van der Waals surface area contributed by atoms with Crippen LogP contribution in [0.3, 0.4) is 0 Å². The maximum Gasteiger partial charge on any atom is 0.192 e. The Morgan fingerprint density at radius 2 is 2.40 bits per heavy atom. The third-order valence-electron chi connectivity index (χ3n) is 0.0735. The van der Waals surface area contributed by atoms with Crippen LogP contribution in [0.4, 0.5) is 0 Å². The Hall–Kier alpha value is -0.680. The molecule has 0 radical (unpaired) electrons. The molecule has 2 N–H and O–H groups in total. The second-order valence-electron chi connectivity index (χ2n) is 0.245. The van der Waals surface area contributed by atoms with Gasteiger partial charge in [0.15, 0.2) is 5.34 Å². The lowest BCUT2D eigenvalue weighted by atomic mass is 13.3. The summed E-state index contributed by atoms with van der Waals surface area (Å²) in [5.74, 6) is 4.12. The van der Waals surface area contributed by atoms with E-state index >= 15 is 0 Å². The molecule has 0 aliphatic rings. The molecule has 5 nitrogen and oxygen atoms in total. The summed E-state index contributed by atoms with van der Waals surface area (Å²) in [5, 5.41) is 1.76. The van der Waals surface area contributed by atoms with Crippen molar-refractivity contribution in [2.24, 2.45) is 11.2 Å². The summed E-state index contributed by atoms with van der Waals surface area (Å²) in [6, 6.07) is 0. The van der Waals surface area contributed by atoms with Crippen molar-refractivity contribution >= 4 is 0 Å². The number of rotatable bonds is 2. The molecular formula is H2N2O3. The Kier molecular flexibility index (Phi) is 2.87. The lowest BCUT2D eigenvalue weighted by molar-refractivity contribution is -0.302. The first kappa shape index (κ1) is 4.32. The molecule has 0 bridgehead atoms. The van der Waals surface area contributed by atoms with Crippen molar-refractivity contribution < 1.29 is 9.98 Å². The minimum atomic E-state index is 1.76. The maximum atomic E-state index is 8.73. The van der Waals surface area contributed by atoms with Crippen molar-refractivity contribution in [2.75, 3.05) is 0 Å². The van der Waals surface area contributed by atoms with Crippen LogP contribution in [0.5, 0.6) is 0 Å². The highest BCUT2D eigenvalue weighted by Gasteiger charge is 1.62. The molecule has 5 heavy (non-hydrogen) atoms. The highest BCUT2D eigenvalue weighted by Crippen LogP contribution is 1.61. The summed E-state index contributed by atoms with van der Waals surface area (Å²) >= 11 is 0. The normalized spacial score (nSPS) is 6.60. The zero-order valence-electron chi connectivity index (χ0n) is 2.25. The number of nitrogens with zero attached hydrogens (tertiary/aromatic N) is 1. The van der Waals surface area contributed by atoms with Gasteiger partial charge in [-0.25, -0.2) is 0 Å². The van der Waals surface area contributed by atoms with Gasteiger partial charge in [-0.15, -0.1) is 4.91 Å². The van der Waals surface area contributed by atoms with Crippen molar-refractivity contribution in [1.82, 2.24) is 0 Å². The first-order valence-electron chi connectivity index (χ1n) is 0.768. The first-order valence-corrected chi connectivity index (χ1v) is 0.768. The largest absolute Gasteiger partial charge is 0.192 e. The van der Waals surface area contributed by atoms with Crippen LogP contribution in [0.15, 0.2) is 5.34 Å². The van der Waals surface area contributed by atoms with Gasteiger partial charge in [-0.05, 0) is 0 Å². The zero-order chi connectivity index (χ0) is 4.12. The van der Waals surface area contributed by atoms with Gasteiger partial charge in [-0.2, -0.15) is 10.9 Å². The fourth-order valence-corrected chi connectivity index (χ4v) is 0.0176. The molecule has 5 heteroatoms. The van der Waals surface area contributed by atoms with Crippen LogP contribution in [0, 0.1) is 4.91 Å². The molecule has 0 rings (SSSR count). The Labute approximate surface area is 27.5 Å². The van der Waals surface area contributed by atoms with E-state index in [1.54, 1.807) is 5.34 Å². The van der Waals surface area contributed by atoms with Gasteiger partial charge in [0, 0.05) is 0 Å². The van der Waals surface area contributed by atoms with Gasteiger partial charge >= 0.3 is 0 Å². The second-order valence-corrected chi connectivity index (χ2v) is 0.245. The van der Waals surface area contributed by atoms with Gasteiger partial charge in [-0.3, -0.25) is 0 Å². The average Bonchev–Trinajstić information content (AvgIpc) is 1.41. The van der Waals surface area contributed by atoms with Crippen LogP contribution in [-0.2, 0) is 9.98 Å². The Morgan fingerprint density at radius 1 is 1.80 bits per heavy atom. The fraction of sp³-hybridized carbons (Fsp3) is 0. The van der Waals surface area contributed by atoms with E-state index < -0.39 is 0 Å². The molecule has 0 aliphatic carbocycles. The van der Waals surface area contributed by atoms with E-state index in [-0.39, 0.29) is 0 Å². The smallest absolute Gasteiger partial charge is 0.170 e. The molecule has 0 saturated carbocycles. The van der Waals surface area contributed by atoms with Crippen LogP contribution >= 0.6 is 0 Å². The van der Waals surface area contributed by atoms with Crippen LogP contribution in [0.25, 0.3) is 0 Å². The highest BCUT2D eigenvalue weighted by atomic mass is 17.3. The van der Waals surface area contributed by atoms with Gasteiger partial charge in [0.2, 0.25) is 0 Å². The molecule has 0 spiro atoms. The first-order chi connectivity index (χ1) is 2.41. The molecule has 0 amide bonds. The molecule has 0 unspecified atom stereocenters. The number of hydrogen-bond acceptors (Lipinski definition) is 5. The van der Waals surface area contributed by atoms with Crippen LogP contribution < -0.4 is 5.90 Å². The van der Waals surface area contributed by atoms with E-state index in [1.807, 2.05) is 0 Å². The Morgan fingerprint density at radius 3 is 2.40 bits per heavy atom. The molecule has 0 aromatic carbocycles. The highest BCUT2D eigenvalue weighted by molar-refractivity contribution is 3.87. The summed E-state index contributed by atoms with van der Waals surface area (Å²) in [5.41, 5.74) is 0. The molecule has 0 aliphatic heterocycles. The van der Waals surface area contributed by atoms with Gasteiger partial charge in [0.1, 0.15) is 0 Å². The summed E-state index contributed by atoms with van der Waals surface area (Å²) < 4.78 is 0. The molecule has 0 atom stereocenters. The van der Waals surface area contributed by atoms with E-state index in [2.05, 4.69) is 15.9 Å². The van der Waals surface area contributed by atoms with Crippen molar-refractivity contribution in [3.8, 4) is 0 Å². The predicted molar refractivity (Wildman–Crippen MR) is 12.2 cm³/mol. The zero-order valence-corrected chi connectivity index (χ0v) is 2.25. The van der Waals surface area contributed by atoms with Crippen LogP contribution in [0.1, 0.15) is 0 Å².